The van der Waals surface area contributed by atoms with Crippen LogP contribution in [0.5, 0.6) is 5.75 Å². The van der Waals surface area contributed by atoms with Crippen LogP contribution in [0.15, 0.2) is 18.2 Å². The number of rotatable bonds is 1. The number of para-hydroxylation sites is 1. The second kappa shape index (κ2) is 4.11. The summed E-state index contributed by atoms with van der Waals surface area (Å²) in [5.74, 6) is 0.402. The first-order chi connectivity index (χ1) is 7.18. The lowest BCUT2D eigenvalue weighted by Gasteiger charge is -2.35. The minimum Gasteiger partial charge on any atom is -0.506 e. The molecule has 15 heavy (non-hydrogen) atoms. The molecule has 0 spiro atoms. The number of nitrogens with zero attached hydrogens (tertiary/aromatic N) is 2. The van der Waals surface area contributed by atoms with E-state index in [-0.39, 0.29) is 0 Å². The topological polar surface area (TPSA) is 26.7 Å². The van der Waals surface area contributed by atoms with Crippen molar-refractivity contribution in [2.45, 2.75) is 6.92 Å². The number of aromatic hydroxyl groups is 1. The van der Waals surface area contributed by atoms with Gasteiger partial charge in [0, 0.05) is 26.2 Å². The summed E-state index contributed by atoms with van der Waals surface area (Å²) < 4.78 is 0. The fourth-order valence-electron chi connectivity index (χ4n) is 2.08. The summed E-state index contributed by atoms with van der Waals surface area (Å²) in [6.45, 7) is 6.17. The Morgan fingerprint density at radius 2 is 1.80 bits per heavy atom. The first-order valence-electron chi connectivity index (χ1n) is 5.40. The summed E-state index contributed by atoms with van der Waals surface area (Å²) in [6, 6.07) is 5.71. The third-order valence-corrected chi connectivity index (χ3v) is 3.04. The largest absolute Gasteiger partial charge is 0.506 e. The number of anilines is 1. The molecule has 0 radical (unpaired) electrons. The molecular formula is C12H18N2O. The number of aryl methyl sites for hydroxylation is 1. The predicted octanol–water partition coefficient (Wildman–Crippen LogP) is 1.45. The Labute approximate surface area is 90.9 Å². The van der Waals surface area contributed by atoms with E-state index in [0.29, 0.717) is 5.75 Å². The molecule has 0 bridgehead atoms. The molecule has 2 rings (SSSR count). The van der Waals surface area contributed by atoms with Crippen LogP contribution in [0, 0.1) is 6.92 Å². The van der Waals surface area contributed by atoms with E-state index in [4.69, 9.17) is 0 Å². The van der Waals surface area contributed by atoms with Crippen molar-refractivity contribution in [1.29, 1.82) is 0 Å². The van der Waals surface area contributed by atoms with Crippen molar-refractivity contribution in [2.75, 3.05) is 38.1 Å². The van der Waals surface area contributed by atoms with Gasteiger partial charge in [0.25, 0.3) is 0 Å². The van der Waals surface area contributed by atoms with Crippen LogP contribution in [0.1, 0.15) is 5.56 Å². The van der Waals surface area contributed by atoms with Crippen molar-refractivity contribution < 1.29 is 5.11 Å². The second-order valence-corrected chi connectivity index (χ2v) is 4.23. The zero-order chi connectivity index (χ0) is 10.8. The quantitative estimate of drug-likeness (QED) is 0.753. The van der Waals surface area contributed by atoms with Crippen molar-refractivity contribution in [1.82, 2.24) is 4.90 Å². The molecule has 1 fully saturated rings. The molecule has 1 aliphatic heterocycles. The molecule has 3 nitrogen and oxygen atoms in total. The Kier molecular flexibility index (Phi) is 2.82. The lowest BCUT2D eigenvalue weighted by atomic mass is 10.1. The molecule has 0 aromatic heterocycles. The van der Waals surface area contributed by atoms with E-state index in [1.165, 1.54) is 0 Å². The Balaban J connectivity index is 2.22. The molecule has 1 aromatic rings. The third-order valence-electron chi connectivity index (χ3n) is 3.04. The minimum absolute atomic E-state index is 0.402. The molecule has 1 saturated heterocycles. The summed E-state index contributed by atoms with van der Waals surface area (Å²) in [5, 5.41) is 9.85. The van der Waals surface area contributed by atoms with Crippen LogP contribution >= 0.6 is 0 Å². The molecule has 1 aromatic carbocycles. The highest BCUT2D eigenvalue weighted by atomic mass is 16.3. The van der Waals surface area contributed by atoms with Gasteiger partial charge in [0.15, 0.2) is 0 Å². The average molecular weight is 206 g/mol. The Morgan fingerprint density at radius 1 is 1.13 bits per heavy atom. The molecule has 1 N–H and O–H groups in total. The van der Waals surface area contributed by atoms with Gasteiger partial charge in [0.05, 0.1) is 5.69 Å². The lowest BCUT2D eigenvalue weighted by molar-refractivity contribution is 0.311. The number of hydrogen-bond donors (Lipinski definition) is 1. The van der Waals surface area contributed by atoms with E-state index in [0.717, 1.165) is 37.4 Å². The zero-order valence-electron chi connectivity index (χ0n) is 9.40. The molecule has 0 unspecified atom stereocenters. The van der Waals surface area contributed by atoms with Gasteiger partial charge in [0.1, 0.15) is 5.75 Å². The van der Waals surface area contributed by atoms with Gasteiger partial charge in [-0.1, -0.05) is 12.1 Å². The number of benzene rings is 1. The van der Waals surface area contributed by atoms with E-state index in [2.05, 4.69) is 16.8 Å². The molecule has 0 atom stereocenters. The van der Waals surface area contributed by atoms with Gasteiger partial charge >= 0.3 is 0 Å². The van der Waals surface area contributed by atoms with Gasteiger partial charge in [-0.05, 0) is 25.6 Å². The van der Waals surface area contributed by atoms with Crippen LogP contribution < -0.4 is 4.90 Å². The highest BCUT2D eigenvalue weighted by molar-refractivity contribution is 5.63. The monoisotopic (exact) mass is 206 g/mol. The van der Waals surface area contributed by atoms with Gasteiger partial charge < -0.3 is 14.9 Å². The van der Waals surface area contributed by atoms with Crippen LogP contribution in [0.3, 0.4) is 0 Å². The van der Waals surface area contributed by atoms with E-state index < -0.39 is 0 Å². The molecular weight excluding hydrogens is 188 g/mol. The molecule has 82 valence electrons. The van der Waals surface area contributed by atoms with Crippen molar-refractivity contribution in [3.8, 4) is 5.75 Å². The maximum absolute atomic E-state index is 9.85. The molecule has 0 saturated carbocycles. The van der Waals surface area contributed by atoms with Gasteiger partial charge in [-0.3, -0.25) is 0 Å². The van der Waals surface area contributed by atoms with Crippen molar-refractivity contribution in [2.24, 2.45) is 0 Å². The van der Waals surface area contributed by atoms with Crippen molar-refractivity contribution in [3.05, 3.63) is 23.8 Å². The van der Waals surface area contributed by atoms with Crippen LogP contribution in [0.4, 0.5) is 5.69 Å². The van der Waals surface area contributed by atoms with Gasteiger partial charge in [-0.25, -0.2) is 0 Å². The van der Waals surface area contributed by atoms with Gasteiger partial charge in [0.2, 0.25) is 0 Å². The molecule has 1 aliphatic rings. The molecule has 3 heteroatoms. The zero-order valence-corrected chi connectivity index (χ0v) is 9.40. The van der Waals surface area contributed by atoms with Crippen LogP contribution in [0.25, 0.3) is 0 Å². The summed E-state index contributed by atoms with van der Waals surface area (Å²) in [4.78, 5) is 4.58. The maximum atomic E-state index is 9.85. The molecule has 1 heterocycles. The Bertz CT molecular complexity index is 323. The summed E-state index contributed by atoms with van der Waals surface area (Å²) in [6.07, 6.45) is 0. The third kappa shape index (κ3) is 2.07. The Morgan fingerprint density at radius 3 is 2.40 bits per heavy atom. The first kappa shape index (κ1) is 10.3. The highest BCUT2D eigenvalue weighted by Gasteiger charge is 2.18. The fraction of sp³-hybridized carbons (Fsp3) is 0.500. The number of phenolic OH excluding ortho intramolecular Hbond substituents is 1. The van der Waals surface area contributed by atoms with Crippen LogP contribution in [0.2, 0.25) is 0 Å². The van der Waals surface area contributed by atoms with Gasteiger partial charge in [-0.15, -0.1) is 0 Å². The van der Waals surface area contributed by atoms with Crippen molar-refractivity contribution >= 4 is 5.69 Å². The molecule has 0 aliphatic carbocycles. The summed E-state index contributed by atoms with van der Waals surface area (Å²) in [7, 11) is 2.13. The van der Waals surface area contributed by atoms with E-state index in [1.807, 2.05) is 19.1 Å². The number of likely N-dealkylation sites (N-methyl/N-ethyl adjacent to an activating group) is 1. The normalized spacial score (nSPS) is 18.1. The van der Waals surface area contributed by atoms with Gasteiger partial charge in [-0.2, -0.15) is 0 Å². The SMILES string of the molecule is Cc1cccc(O)c1N1CCN(C)CC1. The van der Waals surface area contributed by atoms with Crippen LogP contribution in [-0.4, -0.2) is 43.2 Å². The fourth-order valence-corrected chi connectivity index (χ4v) is 2.08. The Hall–Kier alpha value is -1.22. The minimum atomic E-state index is 0.402. The summed E-state index contributed by atoms with van der Waals surface area (Å²) >= 11 is 0. The van der Waals surface area contributed by atoms with Crippen molar-refractivity contribution in [3.63, 3.8) is 0 Å². The maximum Gasteiger partial charge on any atom is 0.139 e. The van der Waals surface area contributed by atoms with E-state index in [9.17, 15) is 5.11 Å². The summed E-state index contributed by atoms with van der Waals surface area (Å²) in [5.41, 5.74) is 2.16. The first-order valence-corrected chi connectivity index (χ1v) is 5.40. The van der Waals surface area contributed by atoms with E-state index >= 15 is 0 Å². The molecule has 0 amide bonds. The average Bonchev–Trinajstić information content (AvgIpc) is 2.20. The second-order valence-electron chi connectivity index (χ2n) is 4.23. The van der Waals surface area contributed by atoms with E-state index in [1.54, 1.807) is 6.07 Å². The standard InChI is InChI=1S/C12H18N2O/c1-10-4-3-5-11(15)12(10)14-8-6-13(2)7-9-14/h3-5,15H,6-9H2,1-2H3. The highest BCUT2D eigenvalue weighted by Crippen LogP contribution is 2.31. The smallest absolute Gasteiger partial charge is 0.139 e. The van der Waals surface area contributed by atoms with Crippen LogP contribution in [-0.2, 0) is 0 Å². The predicted molar refractivity (Wildman–Crippen MR) is 62.6 cm³/mol. The lowest BCUT2D eigenvalue weighted by Crippen LogP contribution is -2.44. The number of phenols is 1. The number of piperazine rings is 1. The number of hydrogen-bond acceptors (Lipinski definition) is 3.